The lowest BCUT2D eigenvalue weighted by atomic mass is 10.3. The number of methoxy groups -OCH3 is 1. The first kappa shape index (κ1) is 13.7. The predicted molar refractivity (Wildman–Crippen MR) is 63.2 cm³/mol. The summed E-state index contributed by atoms with van der Waals surface area (Å²) in [6, 6.07) is 1.69. The minimum absolute atomic E-state index is 0.347. The maximum atomic E-state index is 11.2. The van der Waals surface area contributed by atoms with Crippen LogP contribution in [0.2, 0.25) is 0 Å². The summed E-state index contributed by atoms with van der Waals surface area (Å²) < 4.78 is 10.3. The molecular weight excluding hydrogens is 222 g/mol. The zero-order valence-electron chi connectivity index (χ0n) is 10.2. The number of carbonyl (C=O) groups excluding carboxylic acids is 1. The molecule has 17 heavy (non-hydrogen) atoms. The van der Waals surface area contributed by atoms with Crippen molar-refractivity contribution in [3.63, 3.8) is 0 Å². The van der Waals surface area contributed by atoms with Gasteiger partial charge in [-0.2, -0.15) is 0 Å². The van der Waals surface area contributed by atoms with E-state index in [2.05, 4.69) is 17.2 Å². The summed E-state index contributed by atoms with van der Waals surface area (Å²) in [4.78, 5) is 13.4. The lowest BCUT2D eigenvalue weighted by Gasteiger charge is -2.18. The molecule has 0 aliphatic heterocycles. The smallest absolute Gasteiger partial charge is 0.268 e. The SMILES string of the molecule is CCN(CCOC)Cc1cc(C(=O)NN)co1. The Balaban J connectivity index is 2.54. The number of hydrogen-bond acceptors (Lipinski definition) is 5. The van der Waals surface area contributed by atoms with Crippen molar-refractivity contribution in [2.45, 2.75) is 13.5 Å². The number of rotatable bonds is 7. The molecule has 0 unspecified atom stereocenters. The second kappa shape index (κ2) is 7.05. The van der Waals surface area contributed by atoms with Gasteiger partial charge in [0, 0.05) is 13.7 Å². The van der Waals surface area contributed by atoms with Gasteiger partial charge in [0.25, 0.3) is 5.91 Å². The molecule has 1 aromatic rings. The Kier molecular flexibility index (Phi) is 5.68. The van der Waals surface area contributed by atoms with Crippen LogP contribution in [0.5, 0.6) is 0 Å². The highest BCUT2D eigenvalue weighted by Crippen LogP contribution is 2.10. The van der Waals surface area contributed by atoms with Gasteiger partial charge >= 0.3 is 0 Å². The highest BCUT2D eigenvalue weighted by Gasteiger charge is 2.11. The molecule has 1 heterocycles. The van der Waals surface area contributed by atoms with Crippen molar-refractivity contribution >= 4 is 5.91 Å². The van der Waals surface area contributed by atoms with Gasteiger partial charge in [0.2, 0.25) is 0 Å². The average molecular weight is 241 g/mol. The zero-order chi connectivity index (χ0) is 12.7. The number of nitrogen functional groups attached to an aromatic ring is 1. The van der Waals surface area contributed by atoms with Crippen molar-refractivity contribution in [1.29, 1.82) is 0 Å². The zero-order valence-corrected chi connectivity index (χ0v) is 10.2. The van der Waals surface area contributed by atoms with Crippen LogP contribution in [0.4, 0.5) is 0 Å². The number of hydrogen-bond donors (Lipinski definition) is 2. The third-order valence-corrected chi connectivity index (χ3v) is 2.49. The van der Waals surface area contributed by atoms with E-state index in [0.717, 1.165) is 18.8 Å². The second-order valence-corrected chi connectivity index (χ2v) is 3.64. The molecule has 6 nitrogen and oxygen atoms in total. The number of amides is 1. The standard InChI is InChI=1S/C11H19N3O3/c1-3-14(4-5-16-2)7-10-6-9(8-17-10)11(15)13-12/h6,8H,3-5,7,12H2,1-2H3,(H,13,15). The van der Waals surface area contributed by atoms with E-state index in [1.807, 2.05) is 0 Å². The first-order chi connectivity index (χ1) is 8.21. The van der Waals surface area contributed by atoms with E-state index < -0.39 is 0 Å². The van der Waals surface area contributed by atoms with Crippen LogP contribution in [0.3, 0.4) is 0 Å². The summed E-state index contributed by atoms with van der Waals surface area (Å²) in [6.07, 6.45) is 1.40. The fourth-order valence-corrected chi connectivity index (χ4v) is 1.46. The Hall–Kier alpha value is -1.37. The number of hydrazine groups is 1. The summed E-state index contributed by atoms with van der Waals surface area (Å²) >= 11 is 0. The number of furan rings is 1. The molecule has 1 aromatic heterocycles. The molecule has 0 spiro atoms. The molecule has 0 aliphatic rings. The molecule has 0 radical (unpaired) electrons. The van der Waals surface area contributed by atoms with Gasteiger partial charge in [0.05, 0.1) is 18.7 Å². The van der Waals surface area contributed by atoms with Crippen molar-refractivity contribution in [3.05, 3.63) is 23.7 Å². The van der Waals surface area contributed by atoms with Crippen molar-refractivity contribution in [3.8, 4) is 0 Å². The van der Waals surface area contributed by atoms with Crippen LogP contribution in [-0.4, -0.2) is 37.6 Å². The van der Waals surface area contributed by atoms with Gasteiger partial charge in [-0.1, -0.05) is 6.92 Å². The molecule has 6 heteroatoms. The number of ether oxygens (including phenoxy) is 1. The van der Waals surface area contributed by atoms with Gasteiger partial charge in [0.1, 0.15) is 12.0 Å². The molecular formula is C11H19N3O3. The van der Waals surface area contributed by atoms with Crippen LogP contribution in [0, 0.1) is 0 Å². The van der Waals surface area contributed by atoms with E-state index in [4.69, 9.17) is 15.0 Å². The summed E-state index contributed by atoms with van der Waals surface area (Å²) in [5.74, 6) is 5.43. The monoisotopic (exact) mass is 241 g/mol. The molecule has 0 bridgehead atoms. The Morgan fingerprint density at radius 2 is 2.41 bits per heavy atom. The normalized spacial score (nSPS) is 10.8. The lowest BCUT2D eigenvalue weighted by molar-refractivity contribution is 0.0953. The van der Waals surface area contributed by atoms with Crippen molar-refractivity contribution in [2.24, 2.45) is 5.84 Å². The first-order valence-corrected chi connectivity index (χ1v) is 5.50. The number of nitrogens with zero attached hydrogens (tertiary/aromatic N) is 1. The second-order valence-electron chi connectivity index (χ2n) is 3.64. The van der Waals surface area contributed by atoms with E-state index >= 15 is 0 Å². The molecule has 0 aromatic carbocycles. The van der Waals surface area contributed by atoms with Crippen LogP contribution in [0.15, 0.2) is 16.7 Å². The highest BCUT2D eigenvalue weighted by atomic mass is 16.5. The molecule has 0 atom stereocenters. The van der Waals surface area contributed by atoms with Gasteiger partial charge in [-0.05, 0) is 12.6 Å². The van der Waals surface area contributed by atoms with Crippen molar-refractivity contribution < 1.29 is 13.9 Å². The van der Waals surface area contributed by atoms with Gasteiger partial charge in [-0.25, -0.2) is 5.84 Å². The van der Waals surface area contributed by atoms with E-state index in [-0.39, 0.29) is 5.91 Å². The third kappa shape index (κ3) is 4.18. The molecule has 0 fully saturated rings. The predicted octanol–water partition coefficient (Wildman–Crippen LogP) is 0.351. The molecule has 1 amide bonds. The maximum absolute atomic E-state index is 11.2. The number of nitrogens with two attached hydrogens (primary N) is 1. The number of likely N-dealkylation sites (N-methyl/N-ethyl adjacent to an activating group) is 1. The average Bonchev–Trinajstić information content (AvgIpc) is 2.81. The molecule has 1 rings (SSSR count). The van der Waals surface area contributed by atoms with Crippen LogP contribution >= 0.6 is 0 Å². The molecule has 0 saturated heterocycles. The Labute approximate surface area is 101 Å². The summed E-state index contributed by atoms with van der Waals surface area (Å²) in [5, 5.41) is 0. The summed E-state index contributed by atoms with van der Waals surface area (Å²) in [5.41, 5.74) is 2.50. The Morgan fingerprint density at radius 1 is 1.65 bits per heavy atom. The minimum atomic E-state index is -0.347. The third-order valence-electron chi connectivity index (χ3n) is 2.49. The topological polar surface area (TPSA) is 80.7 Å². The maximum Gasteiger partial charge on any atom is 0.268 e. The van der Waals surface area contributed by atoms with E-state index in [0.29, 0.717) is 18.7 Å². The van der Waals surface area contributed by atoms with E-state index in [1.54, 1.807) is 13.2 Å². The number of carbonyl (C=O) groups is 1. The van der Waals surface area contributed by atoms with Crippen molar-refractivity contribution in [2.75, 3.05) is 26.8 Å². The van der Waals surface area contributed by atoms with E-state index in [9.17, 15) is 4.79 Å². The van der Waals surface area contributed by atoms with E-state index in [1.165, 1.54) is 6.26 Å². The quantitative estimate of drug-likeness (QED) is 0.409. The van der Waals surface area contributed by atoms with Crippen LogP contribution in [0.1, 0.15) is 23.0 Å². The summed E-state index contributed by atoms with van der Waals surface area (Å²) in [7, 11) is 1.67. The minimum Gasteiger partial charge on any atom is -0.467 e. The van der Waals surface area contributed by atoms with Crippen LogP contribution in [0.25, 0.3) is 0 Å². The van der Waals surface area contributed by atoms with Crippen molar-refractivity contribution in [1.82, 2.24) is 10.3 Å². The highest BCUT2D eigenvalue weighted by molar-refractivity contribution is 5.93. The largest absolute Gasteiger partial charge is 0.467 e. The van der Waals surface area contributed by atoms with Gasteiger partial charge < -0.3 is 9.15 Å². The van der Waals surface area contributed by atoms with Gasteiger partial charge in [0.15, 0.2) is 0 Å². The van der Waals surface area contributed by atoms with Gasteiger partial charge in [-0.15, -0.1) is 0 Å². The fourth-order valence-electron chi connectivity index (χ4n) is 1.46. The number of nitrogens with one attached hydrogen (secondary N) is 1. The van der Waals surface area contributed by atoms with Gasteiger partial charge in [-0.3, -0.25) is 15.1 Å². The fraction of sp³-hybridized carbons (Fsp3) is 0.545. The molecule has 3 N–H and O–H groups in total. The Bertz CT molecular complexity index is 351. The summed E-state index contributed by atoms with van der Waals surface area (Å²) in [6.45, 7) is 5.10. The van der Waals surface area contributed by atoms with Crippen LogP contribution < -0.4 is 11.3 Å². The Morgan fingerprint density at radius 3 is 3.00 bits per heavy atom. The first-order valence-electron chi connectivity index (χ1n) is 5.50. The molecule has 96 valence electrons. The van der Waals surface area contributed by atoms with Crippen LogP contribution in [-0.2, 0) is 11.3 Å². The lowest BCUT2D eigenvalue weighted by Crippen LogP contribution is -2.29. The molecule has 0 aliphatic carbocycles. The molecule has 0 saturated carbocycles.